The maximum absolute atomic E-state index is 12.8. The molecule has 0 saturated heterocycles. The Morgan fingerprint density at radius 2 is 2.07 bits per heavy atom. The lowest BCUT2D eigenvalue weighted by atomic mass is 10.2. The van der Waals surface area contributed by atoms with Crippen molar-refractivity contribution < 1.29 is 5.11 Å². The molecule has 3 aromatic rings. The van der Waals surface area contributed by atoms with Crippen molar-refractivity contribution in [2.45, 2.75) is 37.5 Å². The van der Waals surface area contributed by atoms with Crippen molar-refractivity contribution in [3.63, 3.8) is 0 Å². The molecule has 0 aromatic carbocycles. The van der Waals surface area contributed by atoms with Gasteiger partial charge in [-0.1, -0.05) is 0 Å². The summed E-state index contributed by atoms with van der Waals surface area (Å²) in [7, 11) is 0. The fraction of sp³-hybridized carbons (Fsp3) is 0.333. The van der Waals surface area contributed by atoms with Crippen LogP contribution >= 0.6 is 22.6 Å². The quantitative estimate of drug-likeness (QED) is 0.368. The van der Waals surface area contributed by atoms with Crippen molar-refractivity contribution in [1.82, 2.24) is 19.5 Å². The van der Waals surface area contributed by atoms with Gasteiger partial charge in [0.25, 0.3) is 5.56 Å². The van der Waals surface area contributed by atoms with Gasteiger partial charge in [0.2, 0.25) is 0 Å². The molecule has 0 amide bonds. The summed E-state index contributed by atoms with van der Waals surface area (Å²) in [6.07, 6.45) is 5.05. The van der Waals surface area contributed by atoms with E-state index in [4.69, 9.17) is 0 Å². The number of hydrogen-bond donors (Lipinski definition) is 3. The molecule has 142 valence electrons. The molecule has 3 heterocycles. The number of fused-ring (bicyclic) bond motifs is 1. The van der Waals surface area contributed by atoms with Gasteiger partial charge >= 0.3 is 0 Å². The molecule has 0 bridgehead atoms. The Balaban J connectivity index is 2.10. The Labute approximate surface area is 170 Å². The molecular weight excluding hydrogens is 459 g/mol. The van der Waals surface area contributed by atoms with E-state index in [2.05, 4.69) is 25.6 Å². The second-order valence-electron chi connectivity index (χ2n) is 6.20. The van der Waals surface area contributed by atoms with E-state index in [1.54, 1.807) is 29.2 Å². The summed E-state index contributed by atoms with van der Waals surface area (Å²) in [4.78, 5) is 25.9. The van der Waals surface area contributed by atoms with Crippen LogP contribution in [0, 0.1) is 6.92 Å². The molecule has 0 fully saturated rings. The third kappa shape index (κ3) is 4.35. The largest absolute Gasteiger partial charge is 0.381 e. The van der Waals surface area contributed by atoms with Gasteiger partial charge in [0.05, 0.1) is 29.5 Å². The van der Waals surface area contributed by atoms with Crippen LogP contribution < -0.4 is 16.2 Å². The van der Waals surface area contributed by atoms with Crippen molar-refractivity contribution >= 4 is 50.8 Å². The summed E-state index contributed by atoms with van der Waals surface area (Å²) in [6, 6.07) is 3.39. The zero-order chi connectivity index (χ0) is 19.6. The zero-order valence-electron chi connectivity index (χ0n) is 15.3. The van der Waals surface area contributed by atoms with Crippen molar-refractivity contribution in [1.29, 1.82) is 0 Å². The summed E-state index contributed by atoms with van der Waals surface area (Å²) in [5.74, 6) is 1.51. The molecule has 0 saturated carbocycles. The van der Waals surface area contributed by atoms with Gasteiger partial charge in [0.1, 0.15) is 21.6 Å². The van der Waals surface area contributed by atoms with E-state index < -0.39 is 4.11 Å². The fourth-order valence-corrected chi connectivity index (χ4v) is 2.77. The summed E-state index contributed by atoms with van der Waals surface area (Å²) in [5.41, 5.74) is 0.696. The first-order chi connectivity index (χ1) is 12.9. The predicted octanol–water partition coefficient (Wildman–Crippen LogP) is 2.81. The lowest BCUT2D eigenvalue weighted by Gasteiger charge is -2.19. The number of rotatable bonds is 6. The van der Waals surface area contributed by atoms with Crippen molar-refractivity contribution in [3.05, 3.63) is 46.8 Å². The predicted molar refractivity (Wildman–Crippen MR) is 115 cm³/mol. The van der Waals surface area contributed by atoms with Gasteiger partial charge in [-0.2, -0.15) is 0 Å². The summed E-state index contributed by atoms with van der Waals surface area (Å²) >= 11 is 1.92. The Hall–Kier alpha value is -2.27. The Kier molecular flexibility index (Phi) is 5.90. The standard InChI is InChI=1S/C18H21IN6O2/c1-4-25-6-5-12-7-13(23-14-9-20-10(2)8-21-14)24-17(15(12)18(25)27)22-11(3)16(19)26/h5-9,11,16,26H,4H2,1-3H3,(H2,21,22,23,24)/t11-,16?/m0/s1. The van der Waals surface area contributed by atoms with Crippen LogP contribution in [0.4, 0.5) is 17.5 Å². The fourth-order valence-electron chi connectivity index (χ4n) is 2.59. The number of aliphatic hydroxyl groups is 1. The first kappa shape index (κ1) is 19.5. The number of anilines is 3. The molecule has 3 aromatic heterocycles. The maximum Gasteiger partial charge on any atom is 0.262 e. The van der Waals surface area contributed by atoms with Crippen molar-refractivity contribution in [2.75, 3.05) is 10.6 Å². The monoisotopic (exact) mass is 480 g/mol. The second kappa shape index (κ2) is 8.17. The van der Waals surface area contributed by atoms with Gasteiger partial charge in [-0.15, -0.1) is 0 Å². The summed E-state index contributed by atoms with van der Waals surface area (Å²) in [6.45, 7) is 6.18. The van der Waals surface area contributed by atoms with Crippen molar-refractivity contribution in [3.8, 4) is 0 Å². The highest BCUT2D eigenvalue weighted by Crippen LogP contribution is 2.25. The number of hydrogen-bond acceptors (Lipinski definition) is 7. The van der Waals surface area contributed by atoms with E-state index in [0.29, 0.717) is 29.4 Å². The molecule has 0 aliphatic heterocycles. The minimum Gasteiger partial charge on any atom is -0.381 e. The highest BCUT2D eigenvalue weighted by molar-refractivity contribution is 14.1. The van der Waals surface area contributed by atoms with E-state index in [0.717, 1.165) is 11.1 Å². The minimum absolute atomic E-state index is 0.123. The molecule has 1 unspecified atom stereocenters. The Morgan fingerprint density at radius 1 is 1.30 bits per heavy atom. The number of nitrogens with zero attached hydrogens (tertiary/aromatic N) is 4. The van der Waals surface area contributed by atoms with Gasteiger partial charge in [-0.25, -0.2) is 9.97 Å². The molecule has 3 rings (SSSR count). The lowest BCUT2D eigenvalue weighted by molar-refractivity contribution is 0.261. The van der Waals surface area contributed by atoms with Crippen molar-refractivity contribution in [2.24, 2.45) is 0 Å². The lowest BCUT2D eigenvalue weighted by Crippen LogP contribution is -2.28. The van der Waals surface area contributed by atoms with Crippen LogP contribution in [0.25, 0.3) is 10.8 Å². The van der Waals surface area contributed by atoms with Gasteiger partial charge in [0.15, 0.2) is 0 Å². The summed E-state index contributed by atoms with van der Waals surface area (Å²) < 4.78 is 0.995. The smallest absolute Gasteiger partial charge is 0.262 e. The third-order valence-corrected chi connectivity index (χ3v) is 5.19. The van der Waals surface area contributed by atoms with Crippen LogP contribution in [0.5, 0.6) is 0 Å². The average molecular weight is 480 g/mol. The number of pyridine rings is 2. The van der Waals surface area contributed by atoms with Crippen LogP contribution in [0.3, 0.4) is 0 Å². The maximum atomic E-state index is 12.8. The second-order valence-corrected chi connectivity index (χ2v) is 7.48. The number of aliphatic hydroxyl groups excluding tert-OH is 1. The molecular formula is C18H21IN6O2. The van der Waals surface area contributed by atoms with Crippen LogP contribution in [0.1, 0.15) is 19.5 Å². The number of alkyl halides is 1. The molecule has 0 spiro atoms. The Bertz CT molecular complexity index is 1000. The van der Waals surface area contributed by atoms with E-state index in [-0.39, 0.29) is 11.6 Å². The molecule has 9 heteroatoms. The zero-order valence-corrected chi connectivity index (χ0v) is 17.4. The third-order valence-electron chi connectivity index (χ3n) is 4.11. The van der Waals surface area contributed by atoms with Gasteiger partial charge in [-0.3, -0.25) is 9.78 Å². The topological polar surface area (TPSA) is 105 Å². The highest BCUT2D eigenvalue weighted by atomic mass is 127. The average Bonchev–Trinajstić information content (AvgIpc) is 2.63. The van der Waals surface area contributed by atoms with Gasteiger partial charge in [0, 0.05) is 12.7 Å². The van der Waals surface area contributed by atoms with Gasteiger partial charge < -0.3 is 20.3 Å². The Morgan fingerprint density at radius 3 is 2.70 bits per heavy atom. The first-order valence-corrected chi connectivity index (χ1v) is 9.82. The first-order valence-electron chi connectivity index (χ1n) is 8.57. The van der Waals surface area contributed by atoms with E-state index in [9.17, 15) is 9.90 Å². The van der Waals surface area contributed by atoms with Crippen LogP contribution in [-0.4, -0.2) is 34.8 Å². The minimum atomic E-state index is -0.629. The molecule has 0 aliphatic rings. The molecule has 0 aliphatic carbocycles. The van der Waals surface area contributed by atoms with E-state index in [1.165, 1.54) is 0 Å². The van der Waals surface area contributed by atoms with Crippen LogP contribution in [0.15, 0.2) is 35.5 Å². The molecule has 8 nitrogen and oxygen atoms in total. The SMILES string of the molecule is CCn1ccc2cc(Nc3cnc(C)cn3)nc(N[C@@H](C)C(O)I)c2c1=O. The van der Waals surface area contributed by atoms with E-state index >= 15 is 0 Å². The molecule has 27 heavy (non-hydrogen) atoms. The summed E-state index contributed by atoms with van der Waals surface area (Å²) in [5, 5.41) is 17.3. The van der Waals surface area contributed by atoms with Crippen LogP contribution in [0.2, 0.25) is 0 Å². The van der Waals surface area contributed by atoms with Gasteiger partial charge in [-0.05, 0) is 60.9 Å². The molecule has 3 N–H and O–H groups in total. The normalized spacial score (nSPS) is 13.4. The van der Waals surface area contributed by atoms with Crippen LogP contribution in [-0.2, 0) is 6.54 Å². The number of halogens is 1. The number of aryl methyl sites for hydroxylation is 2. The molecule has 0 radical (unpaired) electrons. The molecule has 2 atom stereocenters. The van der Waals surface area contributed by atoms with E-state index in [1.807, 2.05) is 49.4 Å². The number of aromatic nitrogens is 4. The number of nitrogens with one attached hydrogen (secondary N) is 2. The highest BCUT2D eigenvalue weighted by Gasteiger charge is 2.16.